The molecule has 1 aromatic heterocycles. The molecule has 0 saturated heterocycles. The zero-order valence-electron chi connectivity index (χ0n) is 7.17. The van der Waals surface area contributed by atoms with Gasteiger partial charge in [-0.3, -0.25) is 4.98 Å². The fourth-order valence-corrected chi connectivity index (χ4v) is 1.27. The molecule has 14 heavy (non-hydrogen) atoms. The summed E-state index contributed by atoms with van der Waals surface area (Å²) in [6.07, 6.45) is 4.39. The number of rotatable bonds is 1. The Morgan fingerprint density at radius 3 is 2.79 bits per heavy atom. The van der Waals surface area contributed by atoms with Crippen molar-refractivity contribution in [3.63, 3.8) is 0 Å². The van der Waals surface area contributed by atoms with E-state index in [9.17, 15) is 4.39 Å². The van der Waals surface area contributed by atoms with E-state index in [2.05, 4.69) is 11.2 Å². The van der Waals surface area contributed by atoms with Crippen molar-refractivity contribution in [1.82, 2.24) is 4.98 Å². The summed E-state index contributed by atoms with van der Waals surface area (Å²) in [7, 11) is 0. The zero-order chi connectivity index (χ0) is 9.97. The lowest BCUT2D eigenvalue weighted by molar-refractivity contribution is 0.629. The highest BCUT2D eigenvalue weighted by Gasteiger charge is 2.02. The maximum Gasteiger partial charge on any atom is 0.142 e. The predicted octanol–water partition coefficient (Wildman–Crippen LogP) is 3.34. The van der Waals surface area contributed by atoms with Crippen molar-refractivity contribution in [3.8, 4) is 11.1 Å². The minimum Gasteiger partial charge on any atom is -0.254 e. The molecule has 1 radical (unpaired) electrons. The molecule has 2 rings (SSSR count). The van der Waals surface area contributed by atoms with E-state index in [1.165, 1.54) is 12.1 Å². The Bertz CT molecular complexity index is 442. The van der Waals surface area contributed by atoms with E-state index in [4.69, 9.17) is 11.6 Å². The molecule has 1 nitrogen and oxygen atoms in total. The molecule has 0 atom stereocenters. The number of hydrogen-bond acceptors (Lipinski definition) is 1. The van der Waals surface area contributed by atoms with Crippen molar-refractivity contribution >= 4 is 11.6 Å². The van der Waals surface area contributed by atoms with Crippen LogP contribution in [0.5, 0.6) is 0 Å². The Labute approximate surface area is 86.2 Å². The fourth-order valence-electron chi connectivity index (χ4n) is 1.15. The van der Waals surface area contributed by atoms with Crippen LogP contribution in [-0.2, 0) is 0 Å². The second-order valence-corrected chi connectivity index (χ2v) is 3.20. The number of aromatic nitrogens is 1. The summed E-state index contributed by atoms with van der Waals surface area (Å²) in [6, 6.07) is 8.22. The van der Waals surface area contributed by atoms with Gasteiger partial charge in [0.05, 0.1) is 11.2 Å². The minimum absolute atomic E-state index is 0.123. The van der Waals surface area contributed by atoms with Gasteiger partial charge in [0.25, 0.3) is 0 Å². The Morgan fingerprint density at radius 2 is 2.14 bits per heavy atom. The van der Waals surface area contributed by atoms with Crippen LogP contribution in [0.3, 0.4) is 0 Å². The van der Waals surface area contributed by atoms with Crippen LogP contribution in [0.15, 0.2) is 36.5 Å². The number of halogens is 2. The first kappa shape index (κ1) is 9.16. The van der Waals surface area contributed by atoms with Crippen LogP contribution < -0.4 is 0 Å². The van der Waals surface area contributed by atoms with E-state index in [0.717, 1.165) is 11.1 Å². The molecule has 0 saturated carbocycles. The molecule has 0 fully saturated rings. The first-order valence-electron chi connectivity index (χ1n) is 4.05. The van der Waals surface area contributed by atoms with Gasteiger partial charge in [-0.25, -0.2) is 4.39 Å². The van der Waals surface area contributed by atoms with Gasteiger partial charge in [0, 0.05) is 11.8 Å². The quantitative estimate of drug-likeness (QED) is 0.698. The largest absolute Gasteiger partial charge is 0.254 e. The molecule has 1 aromatic carbocycles. The molecule has 0 amide bonds. The number of nitrogens with zero attached hydrogens (tertiary/aromatic N) is 1. The van der Waals surface area contributed by atoms with Crippen molar-refractivity contribution in [2.24, 2.45) is 0 Å². The van der Waals surface area contributed by atoms with E-state index in [-0.39, 0.29) is 5.02 Å². The maximum atomic E-state index is 13.1. The van der Waals surface area contributed by atoms with Gasteiger partial charge in [-0.1, -0.05) is 23.7 Å². The first-order valence-corrected chi connectivity index (χ1v) is 4.43. The van der Waals surface area contributed by atoms with Crippen LogP contribution in [0.4, 0.5) is 4.39 Å². The third kappa shape index (κ3) is 1.75. The molecular weight excluding hydrogens is 201 g/mol. The van der Waals surface area contributed by atoms with Crippen LogP contribution in [0, 0.1) is 12.0 Å². The number of pyridine rings is 1. The molecule has 0 unspecified atom stereocenters. The Balaban J connectivity index is 2.48. The van der Waals surface area contributed by atoms with Crippen molar-refractivity contribution in [2.75, 3.05) is 0 Å². The van der Waals surface area contributed by atoms with Gasteiger partial charge in [-0.05, 0) is 23.8 Å². The molecule has 0 spiro atoms. The average Bonchev–Trinajstić information content (AvgIpc) is 2.23. The van der Waals surface area contributed by atoms with Gasteiger partial charge in [-0.2, -0.15) is 0 Å². The average molecular weight is 207 g/mol. The number of hydrogen-bond donors (Lipinski definition) is 0. The van der Waals surface area contributed by atoms with Crippen LogP contribution >= 0.6 is 11.6 Å². The van der Waals surface area contributed by atoms with Gasteiger partial charge in [0.2, 0.25) is 0 Å². The lowest BCUT2D eigenvalue weighted by atomic mass is 10.1. The van der Waals surface area contributed by atoms with Gasteiger partial charge in [0.1, 0.15) is 5.82 Å². The topological polar surface area (TPSA) is 12.9 Å². The van der Waals surface area contributed by atoms with Crippen molar-refractivity contribution in [1.29, 1.82) is 0 Å². The summed E-state index contributed by atoms with van der Waals surface area (Å²) in [5.41, 5.74) is 1.48. The molecule has 69 valence electrons. The molecule has 0 aliphatic rings. The zero-order valence-corrected chi connectivity index (χ0v) is 7.92. The van der Waals surface area contributed by atoms with Gasteiger partial charge in [-0.15, -0.1) is 0 Å². The molecule has 0 aliphatic carbocycles. The van der Waals surface area contributed by atoms with Gasteiger partial charge in [0.15, 0.2) is 0 Å². The molecule has 1 heterocycles. The van der Waals surface area contributed by atoms with E-state index >= 15 is 0 Å². The SMILES string of the molecule is Fc1cc(-c2[c]nccc2)ccc1Cl. The number of benzene rings is 1. The smallest absolute Gasteiger partial charge is 0.142 e. The second-order valence-electron chi connectivity index (χ2n) is 2.79. The maximum absolute atomic E-state index is 13.1. The molecular formula is C11H6ClFN. The summed E-state index contributed by atoms with van der Waals surface area (Å²) in [5, 5.41) is 0.123. The lowest BCUT2D eigenvalue weighted by Gasteiger charge is -2.00. The standard InChI is InChI=1S/C11H6ClFN/c12-10-4-3-8(6-11(10)13)9-2-1-5-14-7-9/h1-6H. The van der Waals surface area contributed by atoms with E-state index in [0.29, 0.717) is 0 Å². The third-order valence-corrected chi connectivity index (χ3v) is 2.15. The molecule has 3 heteroatoms. The van der Waals surface area contributed by atoms with Crippen LogP contribution in [-0.4, -0.2) is 4.98 Å². The fraction of sp³-hybridized carbons (Fsp3) is 0. The highest BCUT2D eigenvalue weighted by molar-refractivity contribution is 6.30. The van der Waals surface area contributed by atoms with E-state index in [1.807, 2.05) is 6.07 Å². The summed E-state index contributed by atoms with van der Waals surface area (Å²) >= 11 is 5.57. The Morgan fingerprint density at radius 1 is 1.29 bits per heavy atom. The highest BCUT2D eigenvalue weighted by Crippen LogP contribution is 2.22. The van der Waals surface area contributed by atoms with Crippen LogP contribution in [0.25, 0.3) is 11.1 Å². The summed E-state index contributed by atoms with van der Waals surface area (Å²) in [4.78, 5) is 3.83. The van der Waals surface area contributed by atoms with Crippen molar-refractivity contribution in [2.45, 2.75) is 0 Å². The molecule has 0 bridgehead atoms. The van der Waals surface area contributed by atoms with E-state index in [1.54, 1.807) is 18.3 Å². The Hall–Kier alpha value is -1.41. The van der Waals surface area contributed by atoms with Gasteiger partial charge < -0.3 is 0 Å². The summed E-state index contributed by atoms with van der Waals surface area (Å²) in [5.74, 6) is -0.429. The Kier molecular flexibility index (Phi) is 2.46. The van der Waals surface area contributed by atoms with E-state index < -0.39 is 5.82 Å². The second kappa shape index (κ2) is 3.76. The summed E-state index contributed by atoms with van der Waals surface area (Å²) in [6.45, 7) is 0. The normalized spacial score (nSPS) is 10.1. The van der Waals surface area contributed by atoms with Crippen molar-refractivity contribution < 1.29 is 4.39 Å². The van der Waals surface area contributed by atoms with Gasteiger partial charge >= 0.3 is 0 Å². The van der Waals surface area contributed by atoms with Crippen LogP contribution in [0.1, 0.15) is 0 Å². The molecule has 2 aromatic rings. The molecule has 0 N–H and O–H groups in total. The predicted molar refractivity (Wildman–Crippen MR) is 53.5 cm³/mol. The minimum atomic E-state index is -0.429. The van der Waals surface area contributed by atoms with Crippen LogP contribution in [0.2, 0.25) is 5.02 Å². The third-order valence-electron chi connectivity index (χ3n) is 1.84. The molecule has 0 aliphatic heterocycles. The monoisotopic (exact) mass is 206 g/mol. The van der Waals surface area contributed by atoms with Crippen molar-refractivity contribution in [3.05, 3.63) is 53.6 Å². The lowest BCUT2D eigenvalue weighted by Crippen LogP contribution is -1.82. The first-order chi connectivity index (χ1) is 6.77. The highest BCUT2D eigenvalue weighted by atomic mass is 35.5. The summed E-state index contributed by atoms with van der Waals surface area (Å²) < 4.78 is 13.1.